The van der Waals surface area contributed by atoms with E-state index >= 15 is 0 Å². The van der Waals surface area contributed by atoms with E-state index in [1.807, 2.05) is 0 Å². The molecule has 1 aliphatic heterocycles. The highest BCUT2D eigenvalue weighted by molar-refractivity contribution is 9.11. The number of hydrogen-bond acceptors (Lipinski definition) is 6. The van der Waals surface area contributed by atoms with Gasteiger partial charge in [0.25, 0.3) is 5.91 Å². The third kappa shape index (κ3) is 4.37. The van der Waals surface area contributed by atoms with Crippen molar-refractivity contribution in [3.8, 4) is 5.75 Å². The summed E-state index contributed by atoms with van der Waals surface area (Å²) in [5.41, 5.74) is 0.410. The molecule has 1 heterocycles. The number of carbonyl (C=O) groups excluding carboxylic acids is 1. The summed E-state index contributed by atoms with van der Waals surface area (Å²) in [6.45, 7) is 0. The smallest absolute Gasteiger partial charge is 0.339 e. The topological polar surface area (TPSA) is 72.5 Å². The van der Waals surface area contributed by atoms with Crippen molar-refractivity contribution in [2.45, 2.75) is 4.90 Å². The highest BCUT2D eigenvalue weighted by Crippen LogP contribution is 2.38. The van der Waals surface area contributed by atoms with E-state index in [1.165, 1.54) is 18.2 Å². The minimum Gasteiger partial charge on any atom is -0.377 e. The highest BCUT2D eigenvalue weighted by Gasteiger charge is 2.25. The summed E-state index contributed by atoms with van der Waals surface area (Å²) in [6.07, 6.45) is 1.53. The molecule has 1 saturated heterocycles. The molecule has 26 heavy (non-hydrogen) atoms. The molecule has 3 rings (SSSR count). The standard InChI is InChI=1S/C16H9Br2NO4S3/c17-10-6-9(7-13-15(20)19-16(24)25-13)14(12(18)8-10)23-26(21,22)11-4-2-1-3-5-11/h1-8H,(H,19,20,24)/b13-7-. The van der Waals surface area contributed by atoms with Crippen LogP contribution in [0.2, 0.25) is 0 Å². The largest absolute Gasteiger partial charge is 0.377 e. The van der Waals surface area contributed by atoms with Crippen LogP contribution in [0.4, 0.5) is 0 Å². The maximum atomic E-state index is 12.6. The number of benzene rings is 2. The van der Waals surface area contributed by atoms with Crippen molar-refractivity contribution in [2.75, 3.05) is 0 Å². The van der Waals surface area contributed by atoms with Gasteiger partial charge in [0.15, 0.2) is 5.75 Å². The molecule has 2 aromatic rings. The zero-order chi connectivity index (χ0) is 18.9. The molecule has 0 bridgehead atoms. The Bertz CT molecular complexity index is 1040. The summed E-state index contributed by atoms with van der Waals surface area (Å²) in [4.78, 5) is 12.3. The molecule has 10 heteroatoms. The van der Waals surface area contributed by atoms with E-state index in [-0.39, 0.29) is 16.6 Å². The lowest BCUT2D eigenvalue weighted by Crippen LogP contribution is -2.17. The second kappa shape index (κ2) is 7.81. The Morgan fingerprint density at radius 3 is 2.46 bits per heavy atom. The van der Waals surface area contributed by atoms with Gasteiger partial charge < -0.3 is 9.50 Å². The third-order valence-corrected chi connectivity index (χ3v) is 6.64. The lowest BCUT2D eigenvalue weighted by molar-refractivity contribution is -0.115. The fraction of sp³-hybridized carbons (Fsp3) is 0. The first-order chi connectivity index (χ1) is 12.3. The maximum Gasteiger partial charge on any atom is 0.339 e. The van der Waals surface area contributed by atoms with Crippen LogP contribution in [0.15, 0.2) is 61.2 Å². The molecule has 1 aliphatic rings. The molecular weight excluding hydrogens is 526 g/mol. The number of nitrogens with one attached hydrogen (secondary N) is 1. The van der Waals surface area contributed by atoms with Crippen LogP contribution in [-0.4, -0.2) is 18.6 Å². The van der Waals surface area contributed by atoms with Gasteiger partial charge in [-0.1, -0.05) is 58.1 Å². The van der Waals surface area contributed by atoms with Crippen molar-refractivity contribution in [3.05, 3.63) is 61.9 Å². The molecule has 0 aromatic heterocycles. The number of thioether (sulfide) groups is 1. The fourth-order valence-electron chi connectivity index (χ4n) is 2.08. The molecule has 0 saturated carbocycles. The van der Waals surface area contributed by atoms with Gasteiger partial charge in [0, 0.05) is 10.0 Å². The molecular formula is C16H9Br2NO4S3. The second-order valence-corrected chi connectivity index (χ2v) is 10.0. The first-order valence-electron chi connectivity index (χ1n) is 7.00. The predicted molar refractivity (Wildman–Crippen MR) is 112 cm³/mol. The Morgan fingerprint density at radius 1 is 1.15 bits per heavy atom. The normalized spacial score (nSPS) is 16.0. The van der Waals surface area contributed by atoms with Crippen molar-refractivity contribution >= 4 is 82.3 Å². The highest BCUT2D eigenvalue weighted by atomic mass is 79.9. The van der Waals surface area contributed by atoms with Gasteiger partial charge in [-0.2, -0.15) is 8.42 Å². The van der Waals surface area contributed by atoms with E-state index < -0.39 is 10.1 Å². The van der Waals surface area contributed by atoms with Crippen molar-refractivity contribution in [1.82, 2.24) is 5.32 Å². The Morgan fingerprint density at radius 2 is 1.85 bits per heavy atom. The molecule has 5 nitrogen and oxygen atoms in total. The molecule has 0 atom stereocenters. The number of amides is 1. The monoisotopic (exact) mass is 533 g/mol. The Labute approximate surface area is 176 Å². The van der Waals surface area contributed by atoms with Crippen molar-refractivity contribution in [1.29, 1.82) is 0 Å². The average molecular weight is 535 g/mol. The van der Waals surface area contributed by atoms with Gasteiger partial charge in [-0.25, -0.2) is 0 Å². The van der Waals surface area contributed by atoms with Crippen molar-refractivity contribution in [3.63, 3.8) is 0 Å². The second-order valence-electron chi connectivity index (χ2n) is 5.01. The molecule has 0 aliphatic carbocycles. The van der Waals surface area contributed by atoms with Gasteiger partial charge in [0.1, 0.15) is 9.22 Å². The number of hydrogen-bond donors (Lipinski definition) is 1. The minimum absolute atomic E-state index is 0.0302. The lowest BCUT2D eigenvalue weighted by atomic mass is 10.2. The van der Waals surface area contributed by atoms with Crippen LogP contribution >= 0.6 is 55.8 Å². The van der Waals surface area contributed by atoms with Gasteiger partial charge in [-0.05, 0) is 46.3 Å². The summed E-state index contributed by atoms with van der Waals surface area (Å²) in [5.74, 6) is -0.260. The Balaban J connectivity index is 2.06. The van der Waals surface area contributed by atoms with Crippen LogP contribution < -0.4 is 9.50 Å². The van der Waals surface area contributed by atoms with Crippen molar-refractivity contribution < 1.29 is 17.4 Å². The maximum absolute atomic E-state index is 12.6. The molecule has 0 radical (unpaired) electrons. The van der Waals surface area contributed by atoms with Crippen LogP contribution in [-0.2, 0) is 14.9 Å². The zero-order valence-electron chi connectivity index (χ0n) is 12.7. The quantitative estimate of drug-likeness (QED) is 0.354. The van der Waals surface area contributed by atoms with E-state index in [1.54, 1.807) is 30.3 Å². The molecule has 1 amide bonds. The number of carbonyl (C=O) groups is 1. The Kier molecular flexibility index (Phi) is 5.88. The molecule has 1 N–H and O–H groups in total. The van der Waals surface area contributed by atoms with Gasteiger partial charge in [-0.3, -0.25) is 4.79 Å². The van der Waals surface area contributed by atoms with Crippen LogP contribution in [0, 0.1) is 0 Å². The van der Waals surface area contributed by atoms with Crippen LogP contribution in [0.3, 0.4) is 0 Å². The van der Waals surface area contributed by atoms with Crippen LogP contribution in [0.5, 0.6) is 5.75 Å². The first-order valence-corrected chi connectivity index (χ1v) is 11.2. The van der Waals surface area contributed by atoms with Gasteiger partial charge >= 0.3 is 10.1 Å². The average Bonchev–Trinajstić information content (AvgIpc) is 2.89. The summed E-state index contributed by atoms with van der Waals surface area (Å²) >= 11 is 12.7. The van der Waals surface area contributed by atoms with E-state index in [9.17, 15) is 13.2 Å². The van der Waals surface area contributed by atoms with Crippen LogP contribution in [0.1, 0.15) is 5.56 Å². The summed E-state index contributed by atoms with van der Waals surface area (Å²) in [5, 5.41) is 2.51. The van der Waals surface area contributed by atoms with E-state index in [4.69, 9.17) is 16.4 Å². The van der Waals surface area contributed by atoms with E-state index in [2.05, 4.69) is 37.2 Å². The van der Waals surface area contributed by atoms with Gasteiger partial charge in [-0.15, -0.1) is 0 Å². The lowest BCUT2D eigenvalue weighted by Gasteiger charge is -2.12. The minimum atomic E-state index is -4.04. The van der Waals surface area contributed by atoms with Crippen molar-refractivity contribution in [2.24, 2.45) is 0 Å². The van der Waals surface area contributed by atoms with Crippen LogP contribution in [0.25, 0.3) is 6.08 Å². The van der Waals surface area contributed by atoms with E-state index in [0.29, 0.717) is 23.7 Å². The predicted octanol–water partition coefficient (Wildman–Crippen LogP) is 4.47. The summed E-state index contributed by atoms with van der Waals surface area (Å²) < 4.78 is 31.9. The van der Waals surface area contributed by atoms with Gasteiger partial charge in [0.05, 0.1) is 9.38 Å². The SMILES string of the molecule is O=C1NC(=S)S/C1=C\c1cc(Br)cc(Br)c1OS(=O)(=O)c1ccccc1. The Hall–Kier alpha value is -1.20. The summed E-state index contributed by atoms with van der Waals surface area (Å²) in [7, 11) is -4.04. The molecule has 1 fully saturated rings. The summed E-state index contributed by atoms with van der Waals surface area (Å²) in [6, 6.07) is 11.1. The zero-order valence-corrected chi connectivity index (χ0v) is 18.4. The molecule has 0 unspecified atom stereocenters. The molecule has 2 aromatic carbocycles. The fourth-order valence-corrected chi connectivity index (χ4v) is 5.56. The van der Waals surface area contributed by atoms with Gasteiger partial charge in [0.2, 0.25) is 0 Å². The molecule has 134 valence electrons. The van der Waals surface area contributed by atoms with E-state index in [0.717, 1.165) is 11.8 Å². The molecule has 0 spiro atoms. The number of thiocarbonyl (C=S) groups is 1. The third-order valence-electron chi connectivity index (χ3n) is 3.19. The first kappa shape index (κ1) is 19.6. The number of rotatable bonds is 4. The number of halogens is 2.